The summed E-state index contributed by atoms with van der Waals surface area (Å²) in [7, 11) is 1.73. The first-order valence-electron chi connectivity index (χ1n) is 7.99. The van der Waals surface area contributed by atoms with E-state index in [1.165, 1.54) is 12.8 Å². The van der Waals surface area contributed by atoms with E-state index in [1.54, 1.807) is 7.05 Å². The van der Waals surface area contributed by atoms with Gasteiger partial charge in [-0.1, -0.05) is 30.3 Å². The van der Waals surface area contributed by atoms with Gasteiger partial charge in [0.2, 0.25) is 5.91 Å². The number of guanidine groups is 1. The average Bonchev–Trinajstić information content (AvgIpc) is 3.37. The summed E-state index contributed by atoms with van der Waals surface area (Å²) in [4.78, 5) is 18.3. The summed E-state index contributed by atoms with van der Waals surface area (Å²) >= 11 is 0. The van der Waals surface area contributed by atoms with E-state index in [9.17, 15) is 4.79 Å². The van der Waals surface area contributed by atoms with E-state index in [0.717, 1.165) is 18.0 Å². The number of hydrogen-bond donors (Lipinski definition) is 2. The smallest absolute Gasteiger partial charge is 0.242 e. The second kappa shape index (κ2) is 10.5. The lowest BCUT2D eigenvalue weighted by atomic mass is 10.2. The van der Waals surface area contributed by atoms with Gasteiger partial charge in [0.15, 0.2) is 5.96 Å². The number of rotatable bonds is 7. The maximum atomic E-state index is 12.3. The van der Waals surface area contributed by atoms with Gasteiger partial charge < -0.3 is 15.5 Å². The third-order valence-electron chi connectivity index (χ3n) is 3.84. The Labute approximate surface area is 156 Å². The van der Waals surface area contributed by atoms with Gasteiger partial charge >= 0.3 is 0 Å². The highest BCUT2D eigenvalue weighted by atomic mass is 127. The Morgan fingerprint density at radius 3 is 2.52 bits per heavy atom. The van der Waals surface area contributed by atoms with Crippen molar-refractivity contribution in [1.82, 2.24) is 15.5 Å². The molecule has 2 N–H and O–H groups in total. The summed E-state index contributed by atoms with van der Waals surface area (Å²) in [6, 6.07) is 10.1. The molecule has 0 heterocycles. The lowest BCUT2D eigenvalue weighted by Crippen LogP contribution is -2.44. The van der Waals surface area contributed by atoms with Crippen LogP contribution in [0.1, 0.15) is 25.3 Å². The Hall–Kier alpha value is -1.31. The van der Waals surface area contributed by atoms with Gasteiger partial charge in [0.05, 0.1) is 6.54 Å². The van der Waals surface area contributed by atoms with Crippen LogP contribution in [-0.2, 0) is 11.3 Å². The van der Waals surface area contributed by atoms with Crippen LogP contribution in [0, 0.1) is 5.92 Å². The molecule has 0 atom stereocenters. The summed E-state index contributed by atoms with van der Waals surface area (Å²) in [6.45, 7) is 4.55. The molecule has 23 heavy (non-hydrogen) atoms. The molecule has 1 fully saturated rings. The highest BCUT2D eigenvalue weighted by Gasteiger charge is 2.21. The number of carbonyl (C=O) groups excluding carboxylic acids is 1. The number of nitrogens with zero attached hydrogens (tertiary/aromatic N) is 2. The van der Waals surface area contributed by atoms with Crippen LogP contribution in [0.25, 0.3) is 0 Å². The summed E-state index contributed by atoms with van der Waals surface area (Å²) < 4.78 is 0. The Balaban J connectivity index is 0.00000264. The number of benzene rings is 1. The normalized spacial score (nSPS) is 13.9. The number of halogens is 1. The fourth-order valence-corrected chi connectivity index (χ4v) is 2.23. The molecule has 128 valence electrons. The summed E-state index contributed by atoms with van der Waals surface area (Å²) in [5, 5.41) is 6.36. The molecule has 1 aliphatic rings. The predicted molar refractivity (Wildman–Crippen MR) is 105 cm³/mol. The lowest BCUT2D eigenvalue weighted by Gasteiger charge is -2.22. The molecule has 0 spiro atoms. The van der Waals surface area contributed by atoms with Crippen LogP contribution in [0.4, 0.5) is 0 Å². The van der Waals surface area contributed by atoms with Crippen LogP contribution in [0.2, 0.25) is 0 Å². The third kappa shape index (κ3) is 7.20. The standard InChI is InChI=1S/C17H26N4O.HI/c1-3-21(13-15-7-5-4-6-8-15)16(22)12-20-17(18-2)19-11-14-9-10-14;/h4-8,14H,3,9-13H2,1-2H3,(H2,18,19,20);1H. The molecule has 0 radical (unpaired) electrons. The van der Waals surface area contributed by atoms with Gasteiger partial charge in [0.1, 0.15) is 0 Å². The van der Waals surface area contributed by atoms with E-state index < -0.39 is 0 Å². The minimum absolute atomic E-state index is 0. The number of aliphatic imine (C=N–C) groups is 1. The molecule has 1 aromatic rings. The van der Waals surface area contributed by atoms with Gasteiger partial charge in [-0.2, -0.15) is 0 Å². The Morgan fingerprint density at radius 1 is 1.26 bits per heavy atom. The second-order valence-electron chi connectivity index (χ2n) is 5.64. The molecule has 0 aliphatic heterocycles. The summed E-state index contributed by atoms with van der Waals surface area (Å²) in [5.41, 5.74) is 1.15. The van der Waals surface area contributed by atoms with Crippen molar-refractivity contribution in [2.24, 2.45) is 10.9 Å². The zero-order valence-corrected chi connectivity index (χ0v) is 16.2. The number of hydrogen-bond acceptors (Lipinski definition) is 2. The van der Waals surface area contributed by atoms with E-state index in [1.807, 2.05) is 42.2 Å². The Bertz CT molecular complexity index is 503. The van der Waals surface area contributed by atoms with Gasteiger partial charge in [-0.3, -0.25) is 9.79 Å². The van der Waals surface area contributed by atoms with Crippen LogP contribution >= 0.6 is 24.0 Å². The Kier molecular flexibility index (Phi) is 8.98. The van der Waals surface area contributed by atoms with Crippen LogP contribution in [0.15, 0.2) is 35.3 Å². The van der Waals surface area contributed by atoms with E-state index in [2.05, 4.69) is 15.6 Å². The number of likely N-dealkylation sites (N-methyl/N-ethyl adjacent to an activating group) is 1. The zero-order valence-electron chi connectivity index (χ0n) is 13.9. The van der Waals surface area contributed by atoms with Crippen molar-refractivity contribution < 1.29 is 4.79 Å². The first-order chi connectivity index (χ1) is 10.7. The monoisotopic (exact) mass is 430 g/mol. The molecule has 1 amide bonds. The van der Waals surface area contributed by atoms with E-state index in [-0.39, 0.29) is 36.4 Å². The van der Waals surface area contributed by atoms with Crippen LogP contribution in [-0.4, -0.2) is 43.4 Å². The number of nitrogens with one attached hydrogen (secondary N) is 2. The van der Waals surface area contributed by atoms with Crippen LogP contribution in [0.3, 0.4) is 0 Å². The molecule has 0 aromatic heterocycles. The highest BCUT2D eigenvalue weighted by Crippen LogP contribution is 2.27. The van der Waals surface area contributed by atoms with Crippen molar-refractivity contribution in [3.63, 3.8) is 0 Å². The second-order valence-corrected chi connectivity index (χ2v) is 5.64. The quantitative estimate of drug-likeness (QED) is 0.396. The Morgan fingerprint density at radius 2 is 1.96 bits per heavy atom. The molecule has 1 saturated carbocycles. The summed E-state index contributed by atoms with van der Waals surface area (Å²) in [5.74, 6) is 1.57. The maximum Gasteiger partial charge on any atom is 0.242 e. The van der Waals surface area contributed by atoms with Gasteiger partial charge in [0, 0.05) is 26.7 Å². The first kappa shape index (κ1) is 19.7. The minimum Gasteiger partial charge on any atom is -0.356 e. The zero-order chi connectivity index (χ0) is 15.8. The van der Waals surface area contributed by atoms with Crippen LogP contribution in [0.5, 0.6) is 0 Å². The van der Waals surface area contributed by atoms with Crippen molar-refractivity contribution in [1.29, 1.82) is 0 Å². The van der Waals surface area contributed by atoms with Crippen molar-refractivity contribution in [3.8, 4) is 0 Å². The van der Waals surface area contributed by atoms with E-state index in [0.29, 0.717) is 19.0 Å². The highest BCUT2D eigenvalue weighted by molar-refractivity contribution is 14.0. The van der Waals surface area contributed by atoms with E-state index >= 15 is 0 Å². The van der Waals surface area contributed by atoms with Gasteiger partial charge in [-0.15, -0.1) is 24.0 Å². The SMILES string of the molecule is CCN(Cc1ccccc1)C(=O)CNC(=NC)NCC1CC1.I. The lowest BCUT2D eigenvalue weighted by molar-refractivity contribution is -0.130. The van der Waals surface area contributed by atoms with Crippen molar-refractivity contribution in [2.45, 2.75) is 26.3 Å². The first-order valence-corrected chi connectivity index (χ1v) is 7.99. The molecule has 0 saturated heterocycles. The molecule has 5 nitrogen and oxygen atoms in total. The molecule has 1 aromatic carbocycles. The number of carbonyl (C=O) groups is 1. The molecular formula is C17H27IN4O. The van der Waals surface area contributed by atoms with Crippen molar-refractivity contribution in [2.75, 3.05) is 26.7 Å². The van der Waals surface area contributed by atoms with Gasteiger partial charge in [-0.05, 0) is 31.2 Å². The average molecular weight is 430 g/mol. The van der Waals surface area contributed by atoms with E-state index in [4.69, 9.17) is 0 Å². The van der Waals surface area contributed by atoms with Gasteiger partial charge in [0.25, 0.3) is 0 Å². The molecule has 1 aliphatic carbocycles. The van der Waals surface area contributed by atoms with Crippen LogP contribution < -0.4 is 10.6 Å². The molecule has 2 rings (SSSR count). The molecule has 0 bridgehead atoms. The third-order valence-corrected chi connectivity index (χ3v) is 3.84. The minimum atomic E-state index is 0. The molecule has 0 unspecified atom stereocenters. The molecular weight excluding hydrogens is 403 g/mol. The van der Waals surface area contributed by atoms with Gasteiger partial charge in [-0.25, -0.2) is 0 Å². The van der Waals surface area contributed by atoms with Crippen molar-refractivity contribution in [3.05, 3.63) is 35.9 Å². The fourth-order valence-electron chi connectivity index (χ4n) is 2.23. The maximum absolute atomic E-state index is 12.3. The molecule has 6 heteroatoms. The fraction of sp³-hybridized carbons (Fsp3) is 0.529. The predicted octanol–water partition coefficient (Wildman–Crippen LogP) is 2.23. The largest absolute Gasteiger partial charge is 0.356 e. The summed E-state index contributed by atoms with van der Waals surface area (Å²) in [6.07, 6.45) is 2.59. The number of amides is 1. The van der Waals surface area contributed by atoms with Crippen molar-refractivity contribution >= 4 is 35.8 Å². The topological polar surface area (TPSA) is 56.7 Å².